The van der Waals surface area contributed by atoms with Crippen molar-refractivity contribution >= 4 is 53.5 Å². The van der Waals surface area contributed by atoms with Crippen LogP contribution in [-0.2, 0) is 0 Å². The van der Waals surface area contributed by atoms with Gasteiger partial charge in [0.1, 0.15) is 10.2 Å². The average Bonchev–Trinajstić information content (AvgIpc) is 2.42. The number of hydrogen-bond acceptors (Lipinski definition) is 4. The summed E-state index contributed by atoms with van der Waals surface area (Å²) in [5.41, 5.74) is 0.385. The molecule has 0 fully saturated rings. The largest absolute Gasteiger partial charge is 0.505 e. The van der Waals surface area contributed by atoms with E-state index in [0.29, 0.717) is 19.2 Å². The van der Waals surface area contributed by atoms with Gasteiger partial charge in [0.2, 0.25) is 0 Å². The normalized spacial score (nSPS) is 10.9. The molecule has 0 radical (unpaired) electrons. The monoisotopic (exact) mass is 324 g/mol. The van der Waals surface area contributed by atoms with Crippen molar-refractivity contribution < 1.29 is 9.52 Å². The number of benzene rings is 1. The first kappa shape index (κ1) is 9.23. The highest BCUT2D eigenvalue weighted by Gasteiger charge is 2.13. The van der Waals surface area contributed by atoms with E-state index in [0.717, 1.165) is 11.3 Å². The van der Waals surface area contributed by atoms with Crippen LogP contribution in [0.4, 0.5) is 0 Å². The molecule has 3 nitrogen and oxygen atoms in total. The SMILES string of the molecule is O=c1oc2c(Br)c(O)c(Br)cc2s1. The molecule has 6 heteroatoms. The highest BCUT2D eigenvalue weighted by atomic mass is 79.9. The minimum absolute atomic E-state index is 0.0362. The summed E-state index contributed by atoms with van der Waals surface area (Å²) in [6.45, 7) is 0. The highest BCUT2D eigenvalue weighted by Crippen LogP contribution is 2.39. The standard InChI is InChI=1S/C7H2Br2O3S/c8-2-1-3-6(4(9)5(2)10)12-7(11)13-3/h1,10H. The quantitative estimate of drug-likeness (QED) is 0.809. The fourth-order valence-electron chi connectivity index (χ4n) is 0.934. The van der Waals surface area contributed by atoms with Crippen molar-refractivity contribution in [2.24, 2.45) is 0 Å². The van der Waals surface area contributed by atoms with Gasteiger partial charge >= 0.3 is 4.94 Å². The predicted molar refractivity (Wildman–Crippen MR) is 57.4 cm³/mol. The van der Waals surface area contributed by atoms with Crippen LogP contribution in [0.2, 0.25) is 0 Å². The molecule has 1 N–H and O–H groups in total. The first-order valence-corrected chi connectivity index (χ1v) is 5.60. The predicted octanol–water partition coefficient (Wildman–Crippen LogP) is 3.09. The Morgan fingerprint density at radius 1 is 1.46 bits per heavy atom. The number of rotatable bonds is 0. The molecule has 0 amide bonds. The molecule has 0 atom stereocenters. The number of phenols is 1. The van der Waals surface area contributed by atoms with E-state index in [1.807, 2.05) is 0 Å². The summed E-state index contributed by atoms with van der Waals surface area (Å²) in [5, 5.41) is 9.46. The van der Waals surface area contributed by atoms with E-state index in [1.54, 1.807) is 6.07 Å². The lowest BCUT2D eigenvalue weighted by molar-refractivity contribution is 0.467. The maximum atomic E-state index is 10.9. The molecular weight excluding hydrogens is 324 g/mol. The molecule has 0 aliphatic rings. The van der Waals surface area contributed by atoms with Crippen LogP contribution >= 0.6 is 43.2 Å². The summed E-state index contributed by atoms with van der Waals surface area (Å²) in [5.74, 6) is 0.0362. The van der Waals surface area contributed by atoms with E-state index in [1.165, 1.54) is 0 Å². The van der Waals surface area contributed by atoms with Crippen molar-refractivity contribution in [2.75, 3.05) is 0 Å². The van der Waals surface area contributed by atoms with E-state index in [9.17, 15) is 9.90 Å². The molecule has 0 unspecified atom stereocenters. The number of aromatic hydroxyl groups is 1. The second kappa shape index (κ2) is 3.11. The molecule has 1 aromatic heterocycles. The van der Waals surface area contributed by atoms with Crippen LogP contribution < -0.4 is 4.94 Å². The molecule has 68 valence electrons. The molecule has 0 aliphatic heterocycles. The van der Waals surface area contributed by atoms with E-state index >= 15 is 0 Å². The third kappa shape index (κ3) is 1.43. The Morgan fingerprint density at radius 2 is 2.15 bits per heavy atom. The van der Waals surface area contributed by atoms with Gasteiger partial charge < -0.3 is 9.52 Å². The van der Waals surface area contributed by atoms with E-state index in [-0.39, 0.29) is 10.7 Å². The van der Waals surface area contributed by atoms with Gasteiger partial charge in [0.15, 0.2) is 5.58 Å². The van der Waals surface area contributed by atoms with E-state index < -0.39 is 0 Å². The van der Waals surface area contributed by atoms with Gasteiger partial charge in [-0.3, -0.25) is 0 Å². The van der Waals surface area contributed by atoms with Gasteiger partial charge in [-0.25, -0.2) is 4.79 Å². The van der Waals surface area contributed by atoms with E-state index in [4.69, 9.17) is 4.42 Å². The Balaban J connectivity index is 3.00. The minimum Gasteiger partial charge on any atom is -0.505 e. The van der Waals surface area contributed by atoms with Crippen LogP contribution in [0.1, 0.15) is 0 Å². The summed E-state index contributed by atoms with van der Waals surface area (Å²) < 4.78 is 6.50. The fraction of sp³-hybridized carbons (Fsp3) is 0. The number of phenolic OH excluding ortho intramolecular Hbond substituents is 1. The first-order chi connectivity index (χ1) is 6.09. The fourth-order valence-corrected chi connectivity index (χ4v) is 3.14. The molecule has 2 aromatic rings. The van der Waals surface area contributed by atoms with Crippen LogP contribution in [0.5, 0.6) is 5.75 Å². The molecule has 1 aromatic carbocycles. The van der Waals surface area contributed by atoms with Crippen molar-refractivity contribution in [3.05, 3.63) is 24.7 Å². The van der Waals surface area contributed by atoms with Gasteiger partial charge in [0.05, 0.1) is 9.17 Å². The van der Waals surface area contributed by atoms with Gasteiger partial charge in [0, 0.05) is 0 Å². The zero-order valence-electron chi connectivity index (χ0n) is 6.01. The van der Waals surface area contributed by atoms with Crippen LogP contribution in [-0.4, -0.2) is 5.11 Å². The smallest absolute Gasteiger partial charge is 0.396 e. The summed E-state index contributed by atoms with van der Waals surface area (Å²) in [6, 6.07) is 1.64. The molecule has 1 heterocycles. The van der Waals surface area contributed by atoms with Crippen LogP contribution in [0.25, 0.3) is 10.3 Å². The van der Waals surface area contributed by atoms with Gasteiger partial charge in [-0.1, -0.05) is 11.3 Å². The van der Waals surface area contributed by atoms with Gasteiger partial charge in [-0.2, -0.15) is 0 Å². The third-order valence-electron chi connectivity index (χ3n) is 1.49. The van der Waals surface area contributed by atoms with Crippen molar-refractivity contribution in [3.63, 3.8) is 0 Å². The van der Waals surface area contributed by atoms with Crippen LogP contribution in [0.3, 0.4) is 0 Å². The summed E-state index contributed by atoms with van der Waals surface area (Å²) >= 11 is 7.29. The molecule has 0 saturated carbocycles. The zero-order valence-corrected chi connectivity index (χ0v) is 9.99. The number of fused-ring (bicyclic) bond motifs is 1. The number of hydrogen-bond donors (Lipinski definition) is 1. The minimum atomic E-state index is -0.381. The van der Waals surface area contributed by atoms with Crippen molar-refractivity contribution in [2.45, 2.75) is 0 Å². The Morgan fingerprint density at radius 3 is 2.85 bits per heavy atom. The Bertz CT molecular complexity index is 528. The average molecular weight is 326 g/mol. The Kier molecular flexibility index (Phi) is 2.21. The summed E-state index contributed by atoms with van der Waals surface area (Å²) in [6.07, 6.45) is 0. The van der Waals surface area contributed by atoms with Crippen molar-refractivity contribution in [3.8, 4) is 5.75 Å². The van der Waals surface area contributed by atoms with E-state index in [2.05, 4.69) is 31.9 Å². The Labute approximate surface area is 93.2 Å². The van der Waals surface area contributed by atoms with Crippen molar-refractivity contribution in [1.82, 2.24) is 0 Å². The summed E-state index contributed by atoms with van der Waals surface area (Å²) in [4.78, 5) is 10.5. The van der Waals surface area contributed by atoms with Gasteiger partial charge in [0.25, 0.3) is 0 Å². The lowest BCUT2D eigenvalue weighted by Crippen LogP contribution is -1.79. The second-order valence-corrected chi connectivity index (χ2v) is 4.93. The molecule has 0 bridgehead atoms. The van der Waals surface area contributed by atoms with Gasteiger partial charge in [-0.15, -0.1) is 0 Å². The van der Waals surface area contributed by atoms with Gasteiger partial charge in [-0.05, 0) is 37.9 Å². The maximum absolute atomic E-state index is 10.9. The number of halogens is 2. The van der Waals surface area contributed by atoms with Crippen LogP contribution in [0, 0.1) is 0 Å². The highest BCUT2D eigenvalue weighted by molar-refractivity contribution is 9.11. The first-order valence-electron chi connectivity index (χ1n) is 3.20. The lowest BCUT2D eigenvalue weighted by Gasteiger charge is -1.98. The Hall–Kier alpha value is -0.330. The maximum Gasteiger partial charge on any atom is 0.396 e. The molecule has 2 rings (SSSR count). The molecular formula is C7H2Br2O3S. The van der Waals surface area contributed by atoms with Crippen molar-refractivity contribution in [1.29, 1.82) is 0 Å². The zero-order chi connectivity index (χ0) is 9.59. The second-order valence-electron chi connectivity index (χ2n) is 2.30. The lowest BCUT2D eigenvalue weighted by atomic mass is 10.3. The summed E-state index contributed by atoms with van der Waals surface area (Å²) in [7, 11) is 0. The molecule has 0 aliphatic carbocycles. The topological polar surface area (TPSA) is 50.4 Å². The molecule has 0 saturated heterocycles. The third-order valence-corrected chi connectivity index (χ3v) is 3.61. The molecule has 13 heavy (non-hydrogen) atoms. The molecule has 0 spiro atoms. The van der Waals surface area contributed by atoms with Crippen LogP contribution in [0.15, 0.2) is 24.2 Å².